The van der Waals surface area contributed by atoms with Gasteiger partial charge in [0.15, 0.2) is 0 Å². The van der Waals surface area contributed by atoms with Gasteiger partial charge < -0.3 is 52.5 Å². The minimum atomic E-state index is -5.06. The number of hydrogen-bond acceptors (Lipinski definition) is 11. The van der Waals surface area contributed by atoms with Crippen LogP contribution in [0, 0.1) is 18.3 Å². The molecule has 7 atom stereocenters. The molecule has 0 spiro atoms. The Labute approximate surface area is 436 Å². The second-order valence-corrected chi connectivity index (χ2v) is 19.8. The molecule has 76 heavy (non-hydrogen) atoms. The molecule has 0 bridgehead atoms. The lowest BCUT2D eigenvalue weighted by Gasteiger charge is -2.34. The molecule has 7 amide bonds. The number of fused-ring (bicyclic) bond motifs is 1. The summed E-state index contributed by atoms with van der Waals surface area (Å²) < 4.78 is 42.0. The van der Waals surface area contributed by atoms with Gasteiger partial charge in [-0.2, -0.15) is 13.2 Å². The van der Waals surface area contributed by atoms with Gasteiger partial charge in [0.2, 0.25) is 41.2 Å². The molecule has 3 rings (SSSR count). The first-order chi connectivity index (χ1) is 35.3. The minimum Gasteiger partial charge on any atom is -0.481 e. The topological polar surface area (TPSA) is 333 Å². The number of carbonyl (C=O) groups excluding carboxylic acids is 8. The molecular weight excluding hydrogens is 1000 g/mol. The van der Waals surface area contributed by atoms with E-state index in [1.807, 2.05) is 23.5 Å². The van der Waals surface area contributed by atoms with E-state index < -0.39 is 163 Å². The number of alkyl halides is 3. The number of Topliss-reactive ketones (excluding diaryl/α,β-unsaturated/α-hetero) is 1. The molecule has 10 N–H and O–H groups in total. The molecule has 3 aromatic carbocycles. The number of carboxylic acid groups (broad SMARTS) is 3. The van der Waals surface area contributed by atoms with Crippen molar-refractivity contribution in [2.75, 3.05) is 0 Å². The van der Waals surface area contributed by atoms with Crippen molar-refractivity contribution in [3.8, 4) is 0 Å². The first kappa shape index (κ1) is 62.4. The molecule has 0 fully saturated rings. The fraction of sp³-hybridized carbons (Fsp3) is 0.481. The highest BCUT2D eigenvalue weighted by atomic mass is 19.4. The summed E-state index contributed by atoms with van der Waals surface area (Å²) in [4.78, 5) is 144. The molecule has 0 aliphatic rings. The number of amides is 7. The van der Waals surface area contributed by atoms with Crippen molar-refractivity contribution in [1.29, 1.82) is 0 Å². The molecule has 0 unspecified atom stereocenters. The zero-order valence-electron chi connectivity index (χ0n) is 43.1. The molecule has 0 heterocycles. The molecule has 414 valence electrons. The number of ketones is 1. The highest BCUT2D eigenvalue weighted by Gasteiger charge is 2.42. The van der Waals surface area contributed by atoms with Crippen molar-refractivity contribution < 1.29 is 81.2 Å². The third-order valence-electron chi connectivity index (χ3n) is 11.9. The van der Waals surface area contributed by atoms with Crippen LogP contribution in [-0.2, 0) is 59.2 Å². The maximum Gasteiger partial charge on any atom is 0.391 e. The van der Waals surface area contributed by atoms with Crippen molar-refractivity contribution in [3.05, 3.63) is 83.4 Å². The summed E-state index contributed by atoms with van der Waals surface area (Å²) in [6.45, 7) is 11.0. The van der Waals surface area contributed by atoms with E-state index in [1.165, 1.54) is 27.7 Å². The Morgan fingerprint density at radius 3 is 1.67 bits per heavy atom. The minimum absolute atomic E-state index is 0.213. The summed E-state index contributed by atoms with van der Waals surface area (Å²) in [5, 5.41) is 45.8. The number of benzene rings is 3. The Hall–Kier alpha value is -7.92. The van der Waals surface area contributed by atoms with E-state index in [0.717, 1.165) is 10.8 Å². The van der Waals surface area contributed by atoms with Crippen molar-refractivity contribution in [3.63, 3.8) is 0 Å². The first-order valence-electron chi connectivity index (χ1n) is 24.3. The molecular formula is C52H66F3N7O14. The summed E-state index contributed by atoms with van der Waals surface area (Å²) in [6, 6.07) is 7.24. The molecule has 21 nitrogen and oxygen atoms in total. The lowest BCUT2D eigenvalue weighted by Crippen LogP contribution is -2.62. The molecule has 0 saturated heterocycles. The van der Waals surface area contributed by atoms with Gasteiger partial charge in [-0.05, 0) is 71.6 Å². The molecule has 3 aromatic rings. The van der Waals surface area contributed by atoms with E-state index >= 15 is 0 Å². The predicted octanol–water partition coefficient (Wildman–Crippen LogP) is 3.29. The van der Waals surface area contributed by atoms with Crippen LogP contribution in [0.15, 0.2) is 66.7 Å². The number of aryl methyl sites for hydroxylation is 1. The van der Waals surface area contributed by atoms with Crippen LogP contribution in [-0.4, -0.2) is 123 Å². The molecule has 24 heteroatoms. The fourth-order valence-electron chi connectivity index (χ4n) is 7.80. The Balaban J connectivity index is 1.93. The number of hydrogen-bond donors (Lipinski definition) is 10. The predicted molar refractivity (Wildman–Crippen MR) is 268 cm³/mol. The Bertz CT molecular complexity index is 2640. The lowest BCUT2D eigenvalue weighted by atomic mass is 9.85. The quantitative estimate of drug-likeness (QED) is 0.0467. The molecule has 0 saturated carbocycles. The maximum atomic E-state index is 14.5. The lowest BCUT2D eigenvalue weighted by molar-refractivity contribution is -0.154. The Morgan fingerprint density at radius 2 is 1.09 bits per heavy atom. The van der Waals surface area contributed by atoms with Gasteiger partial charge in [-0.3, -0.25) is 52.7 Å². The zero-order valence-corrected chi connectivity index (χ0v) is 43.1. The van der Waals surface area contributed by atoms with Crippen molar-refractivity contribution in [2.24, 2.45) is 11.3 Å². The van der Waals surface area contributed by atoms with Crippen LogP contribution in [0.2, 0.25) is 0 Å². The van der Waals surface area contributed by atoms with E-state index in [4.69, 9.17) is 5.11 Å². The fourth-order valence-corrected chi connectivity index (χ4v) is 7.80. The summed E-state index contributed by atoms with van der Waals surface area (Å²) in [6.07, 6.45) is -11.2. The summed E-state index contributed by atoms with van der Waals surface area (Å²) in [5.41, 5.74) is 0.432. The van der Waals surface area contributed by atoms with Gasteiger partial charge in [-0.1, -0.05) is 95.3 Å². The van der Waals surface area contributed by atoms with Crippen LogP contribution < -0.4 is 37.2 Å². The van der Waals surface area contributed by atoms with Gasteiger partial charge in [0.05, 0.1) is 25.3 Å². The van der Waals surface area contributed by atoms with Crippen LogP contribution >= 0.6 is 0 Å². The Morgan fingerprint density at radius 1 is 0.553 bits per heavy atom. The largest absolute Gasteiger partial charge is 0.481 e. The molecule has 0 aliphatic heterocycles. The Kier molecular flexibility index (Phi) is 23.1. The summed E-state index contributed by atoms with van der Waals surface area (Å²) >= 11 is 0. The van der Waals surface area contributed by atoms with Gasteiger partial charge in [0, 0.05) is 19.3 Å². The number of halogens is 3. The summed E-state index contributed by atoms with van der Waals surface area (Å²) in [5.74, 6) is -14.6. The first-order valence-corrected chi connectivity index (χ1v) is 24.3. The zero-order chi connectivity index (χ0) is 57.2. The van der Waals surface area contributed by atoms with Gasteiger partial charge in [0.1, 0.15) is 36.3 Å². The normalized spacial score (nSPS) is 14.3. The van der Waals surface area contributed by atoms with E-state index in [9.17, 15) is 76.1 Å². The SMILES string of the molecule is Cc1ccccc1C[C@H](NC(=O)[C@H](CCC(=O)O)NC(=O)[C@H](CC(=O)O)NC(=O)CCC(=O)O)C(=O)N[C@H](C(=O)N[C@@H](CC(C)C)C(=O)N[C@@H](CC(F)(F)F)C(=O)C(=O)N[C@@H](C)c1ccc2ccccc2c1)C(C)(C)C. The van der Waals surface area contributed by atoms with Crippen LogP contribution in [0.25, 0.3) is 10.8 Å². The number of aliphatic carboxylic acids is 3. The van der Waals surface area contributed by atoms with Crippen LogP contribution in [0.5, 0.6) is 0 Å². The van der Waals surface area contributed by atoms with Gasteiger partial charge in [-0.15, -0.1) is 0 Å². The smallest absolute Gasteiger partial charge is 0.391 e. The van der Waals surface area contributed by atoms with Crippen molar-refractivity contribution >= 4 is 75.8 Å². The second kappa shape index (κ2) is 28.1. The number of rotatable bonds is 28. The second-order valence-electron chi connectivity index (χ2n) is 19.8. The number of carboxylic acids is 3. The van der Waals surface area contributed by atoms with Crippen LogP contribution in [0.4, 0.5) is 13.2 Å². The summed E-state index contributed by atoms with van der Waals surface area (Å²) in [7, 11) is 0. The van der Waals surface area contributed by atoms with Crippen LogP contribution in [0.3, 0.4) is 0 Å². The highest BCUT2D eigenvalue weighted by Crippen LogP contribution is 2.25. The van der Waals surface area contributed by atoms with Gasteiger partial charge in [0.25, 0.3) is 5.91 Å². The molecule has 0 radical (unpaired) electrons. The standard InChI is InChI=1S/C52H66F3N7O14/c1-27(2)22-35(46(72)61-38(26-52(53,54)55)43(70)49(75)56-29(4)32-17-16-30-13-10-11-15-33(30)23-32)60-50(76)44(51(5,6)7)62-48(74)36(24-31-14-9-8-12-28(31)3)59-45(71)34(18-20-40(64)65)58-47(73)37(25-42(68)69)57-39(63)19-21-41(66)67/h8-17,23,27,29,34-38,44H,18-22,24-26H2,1-7H3,(H,56,75)(H,57,63)(H,58,73)(H,59,71)(H,60,76)(H,61,72)(H,62,74)(H,64,65)(H,66,67)(H,68,69)/t29-,34-,35-,36-,37-,38-,44+/m0/s1. The maximum absolute atomic E-state index is 14.5. The van der Waals surface area contributed by atoms with E-state index in [1.54, 1.807) is 69.3 Å². The highest BCUT2D eigenvalue weighted by molar-refractivity contribution is 6.38. The average molecular weight is 1070 g/mol. The van der Waals surface area contributed by atoms with E-state index in [2.05, 4.69) is 31.9 Å². The third kappa shape index (κ3) is 20.8. The molecule has 0 aromatic heterocycles. The van der Waals surface area contributed by atoms with Crippen molar-refractivity contribution in [2.45, 2.75) is 148 Å². The average Bonchev–Trinajstić information content (AvgIpc) is 3.31. The molecule has 0 aliphatic carbocycles. The monoisotopic (exact) mass is 1070 g/mol. The number of nitrogens with one attached hydrogen (secondary N) is 7. The van der Waals surface area contributed by atoms with Crippen molar-refractivity contribution in [1.82, 2.24) is 37.2 Å². The van der Waals surface area contributed by atoms with E-state index in [-0.39, 0.29) is 12.8 Å². The third-order valence-corrected chi connectivity index (χ3v) is 11.9. The van der Waals surface area contributed by atoms with Crippen LogP contribution in [0.1, 0.15) is 109 Å². The van der Waals surface area contributed by atoms with Gasteiger partial charge >= 0.3 is 24.1 Å². The van der Waals surface area contributed by atoms with E-state index in [0.29, 0.717) is 16.7 Å². The van der Waals surface area contributed by atoms with Gasteiger partial charge in [-0.25, -0.2) is 0 Å². The number of carbonyl (C=O) groups is 11.